The molecular formula is C21H20BrN5OS. The second-order valence-electron chi connectivity index (χ2n) is 7.27. The third-order valence-corrected chi connectivity index (χ3v) is 7.46. The number of halogens is 1. The summed E-state index contributed by atoms with van der Waals surface area (Å²) in [6.07, 6.45) is 1.80. The first-order valence-electron chi connectivity index (χ1n) is 9.56. The van der Waals surface area contributed by atoms with E-state index in [0.29, 0.717) is 5.82 Å². The summed E-state index contributed by atoms with van der Waals surface area (Å²) in [6.45, 7) is 1.54. The van der Waals surface area contributed by atoms with Crippen molar-refractivity contribution in [2.45, 2.75) is 23.7 Å². The van der Waals surface area contributed by atoms with E-state index in [1.54, 1.807) is 0 Å². The van der Waals surface area contributed by atoms with Crippen LogP contribution in [0.15, 0.2) is 57.9 Å². The molecule has 0 spiro atoms. The number of benzene rings is 2. The first kappa shape index (κ1) is 18.7. The molecule has 3 heterocycles. The van der Waals surface area contributed by atoms with Gasteiger partial charge in [0.1, 0.15) is 33.7 Å². The molecule has 0 saturated carbocycles. The van der Waals surface area contributed by atoms with Crippen molar-refractivity contribution in [3.8, 4) is 0 Å². The summed E-state index contributed by atoms with van der Waals surface area (Å²) in [4.78, 5) is 13.7. The number of rotatable bonds is 3. The van der Waals surface area contributed by atoms with E-state index in [1.807, 2.05) is 52.8 Å². The van der Waals surface area contributed by atoms with Crippen molar-refractivity contribution in [3.05, 3.63) is 58.8 Å². The smallest absolute Gasteiger partial charge is 0.150 e. The van der Waals surface area contributed by atoms with E-state index >= 15 is 0 Å². The number of piperidine rings is 1. The molecule has 1 fully saturated rings. The van der Waals surface area contributed by atoms with Crippen LogP contribution in [0.1, 0.15) is 24.6 Å². The van der Waals surface area contributed by atoms with E-state index in [-0.39, 0.29) is 5.92 Å². The number of nitrogens with zero attached hydrogens (tertiary/aromatic N) is 3. The molecule has 29 heavy (non-hydrogen) atoms. The van der Waals surface area contributed by atoms with E-state index in [0.717, 1.165) is 63.1 Å². The third kappa shape index (κ3) is 3.45. The zero-order chi connectivity index (χ0) is 20.0. The van der Waals surface area contributed by atoms with Gasteiger partial charge in [0.15, 0.2) is 0 Å². The predicted octanol–water partition coefficient (Wildman–Crippen LogP) is 4.36. The summed E-state index contributed by atoms with van der Waals surface area (Å²) in [5.41, 5.74) is 8.69. The van der Waals surface area contributed by atoms with Gasteiger partial charge in [0.05, 0.1) is 10.4 Å². The molecule has 0 amide bonds. The van der Waals surface area contributed by atoms with E-state index < -0.39 is 11.0 Å². The van der Waals surface area contributed by atoms with Crippen LogP contribution in [0, 0.1) is 0 Å². The molecule has 148 valence electrons. The fourth-order valence-electron chi connectivity index (χ4n) is 3.93. The van der Waals surface area contributed by atoms with Crippen molar-refractivity contribution < 1.29 is 4.21 Å². The normalized spacial score (nSPS) is 17.1. The number of pyridine rings is 1. The summed E-state index contributed by atoms with van der Waals surface area (Å²) < 4.78 is 15.8. The maximum atomic E-state index is 12.8. The van der Waals surface area contributed by atoms with Crippen molar-refractivity contribution in [1.29, 1.82) is 0 Å². The Morgan fingerprint density at radius 3 is 2.62 bits per heavy atom. The molecule has 1 aliphatic rings. The number of imidazole rings is 1. The van der Waals surface area contributed by atoms with E-state index in [2.05, 4.69) is 25.9 Å². The minimum atomic E-state index is -1.11. The van der Waals surface area contributed by atoms with Crippen LogP contribution in [0.3, 0.4) is 0 Å². The summed E-state index contributed by atoms with van der Waals surface area (Å²) in [7, 11) is -1.11. The maximum absolute atomic E-state index is 12.8. The minimum Gasteiger partial charge on any atom is -0.382 e. The van der Waals surface area contributed by atoms with Crippen LogP contribution in [-0.2, 0) is 11.0 Å². The van der Waals surface area contributed by atoms with Crippen molar-refractivity contribution >= 4 is 54.7 Å². The Morgan fingerprint density at radius 1 is 1.10 bits per heavy atom. The Labute approximate surface area is 179 Å². The highest BCUT2D eigenvalue weighted by Crippen LogP contribution is 2.33. The summed E-state index contributed by atoms with van der Waals surface area (Å²) in [5, 5.41) is 0.988. The number of nitrogens with two attached hydrogens (primary N) is 1. The lowest BCUT2D eigenvalue weighted by atomic mass is 9.97. The fraction of sp³-hybridized carbons (Fsp3) is 0.238. The number of nitrogen functional groups attached to an aromatic ring is 1. The zero-order valence-corrected chi connectivity index (χ0v) is 18.0. The number of H-pyrrole nitrogens is 1. The highest BCUT2D eigenvalue weighted by atomic mass is 79.9. The lowest BCUT2D eigenvalue weighted by Gasteiger charge is -2.29. The summed E-state index contributed by atoms with van der Waals surface area (Å²) in [5.74, 6) is 1.69. The van der Waals surface area contributed by atoms with E-state index in [1.165, 1.54) is 0 Å². The first-order chi connectivity index (χ1) is 14.1. The second-order valence-corrected chi connectivity index (χ2v) is 9.67. The van der Waals surface area contributed by atoms with Crippen LogP contribution >= 0.6 is 15.9 Å². The number of aromatic amines is 1. The van der Waals surface area contributed by atoms with Gasteiger partial charge >= 0.3 is 0 Å². The molecule has 3 N–H and O–H groups in total. The molecular weight excluding hydrogens is 450 g/mol. The Hall–Kier alpha value is -2.29. The molecule has 4 aromatic rings. The standard InChI is InChI=1S/C21H20BrN5OS/c22-14-6-7-16-17(12-14)24-20(23)19-18(16)25-21(26-19)13-8-10-27(11-9-13)29(28)15-4-2-1-3-5-15/h1-7,12-13H,8-11H2,(H2,23,24)(H,25,26). The van der Waals surface area contributed by atoms with Gasteiger partial charge in [-0.25, -0.2) is 18.5 Å². The molecule has 0 aliphatic carbocycles. The Kier molecular flexibility index (Phi) is 4.85. The highest BCUT2D eigenvalue weighted by molar-refractivity contribution is 9.10. The highest BCUT2D eigenvalue weighted by Gasteiger charge is 2.27. The predicted molar refractivity (Wildman–Crippen MR) is 120 cm³/mol. The molecule has 1 aliphatic heterocycles. The van der Waals surface area contributed by atoms with Crippen molar-refractivity contribution in [3.63, 3.8) is 0 Å². The maximum Gasteiger partial charge on any atom is 0.150 e. The second kappa shape index (κ2) is 7.51. The van der Waals surface area contributed by atoms with Gasteiger partial charge in [-0.3, -0.25) is 0 Å². The SMILES string of the molecule is Nc1nc2cc(Br)ccc2c2nc(C3CCN(S(=O)c4ccccc4)CC3)[nH]c12. The molecule has 2 aromatic carbocycles. The van der Waals surface area contributed by atoms with Crippen LogP contribution < -0.4 is 5.73 Å². The van der Waals surface area contributed by atoms with Crippen LogP contribution in [0.25, 0.3) is 21.9 Å². The van der Waals surface area contributed by atoms with Gasteiger partial charge in [0.25, 0.3) is 0 Å². The van der Waals surface area contributed by atoms with Gasteiger partial charge in [-0.2, -0.15) is 0 Å². The Morgan fingerprint density at radius 2 is 1.86 bits per heavy atom. The minimum absolute atomic E-state index is 0.288. The quantitative estimate of drug-likeness (QED) is 0.466. The molecule has 0 bridgehead atoms. The topological polar surface area (TPSA) is 87.9 Å². The van der Waals surface area contributed by atoms with E-state index in [4.69, 9.17) is 10.7 Å². The largest absolute Gasteiger partial charge is 0.382 e. The number of hydrogen-bond donors (Lipinski definition) is 2. The number of hydrogen-bond acceptors (Lipinski definition) is 4. The number of nitrogens with one attached hydrogen (secondary N) is 1. The monoisotopic (exact) mass is 469 g/mol. The van der Waals surface area contributed by atoms with Crippen LogP contribution in [0.2, 0.25) is 0 Å². The summed E-state index contributed by atoms with van der Waals surface area (Å²) in [6, 6.07) is 15.6. The number of fused-ring (bicyclic) bond motifs is 3. The third-order valence-electron chi connectivity index (χ3n) is 5.45. The average molecular weight is 470 g/mol. The Balaban J connectivity index is 1.40. The van der Waals surface area contributed by atoms with Gasteiger partial charge in [-0.15, -0.1) is 0 Å². The molecule has 6 nitrogen and oxygen atoms in total. The number of aromatic nitrogens is 3. The van der Waals surface area contributed by atoms with Gasteiger partial charge < -0.3 is 10.7 Å². The average Bonchev–Trinajstić information content (AvgIpc) is 3.20. The first-order valence-corrected chi connectivity index (χ1v) is 11.5. The summed E-state index contributed by atoms with van der Waals surface area (Å²) >= 11 is 3.48. The molecule has 1 atom stereocenters. The van der Waals surface area contributed by atoms with Gasteiger partial charge in [0, 0.05) is 28.9 Å². The van der Waals surface area contributed by atoms with Crippen LogP contribution in [0.5, 0.6) is 0 Å². The molecule has 8 heteroatoms. The van der Waals surface area contributed by atoms with Gasteiger partial charge in [0.2, 0.25) is 0 Å². The van der Waals surface area contributed by atoms with Crippen molar-refractivity contribution in [2.75, 3.05) is 18.8 Å². The molecule has 1 unspecified atom stereocenters. The molecule has 1 saturated heterocycles. The molecule has 5 rings (SSSR count). The van der Waals surface area contributed by atoms with Crippen molar-refractivity contribution in [2.24, 2.45) is 0 Å². The van der Waals surface area contributed by atoms with Gasteiger partial charge in [-0.05, 0) is 43.2 Å². The van der Waals surface area contributed by atoms with E-state index in [9.17, 15) is 4.21 Å². The van der Waals surface area contributed by atoms with Crippen molar-refractivity contribution in [1.82, 2.24) is 19.3 Å². The lowest BCUT2D eigenvalue weighted by Crippen LogP contribution is -2.34. The fourth-order valence-corrected chi connectivity index (χ4v) is 5.51. The lowest BCUT2D eigenvalue weighted by molar-refractivity contribution is 0.328. The van der Waals surface area contributed by atoms with Crippen LogP contribution in [-0.4, -0.2) is 36.6 Å². The Bertz CT molecular complexity index is 1220. The molecule has 0 radical (unpaired) electrons. The van der Waals surface area contributed by atoms with Crippen LogP contribution in [0.4, 0.5) is 5.82 Å². The zero-order valence-electron chi connectivity index (χ0n) is 15.6. The number of anilines is 1. The molecule has 2 aromatic heterocycles. The van der Waals surface area contributed by atoms with Gasteiger partial charge in [-0.1, -0.05) is 34.1 Å².